The van der Waals surface area contributed by atoms with Gasteiger partial charge < -0.3 is 25.2 Å². The first-order valence-corrected chi connectivity index (χ1v) is 9.98. The van der Waals surface area contributed by atoms with Gasteiger partial charge in [0.15, 0.2) is 0 Å². The summed E-state index contributed by atoms with van der Waals surface area (Å²) in [7, 11) is 0. The zero-order valence-corrected chi connectivity index (χ0v) is 16.6. The van der Waals surface area contributed by atoms with Crippen LogP contribution in [0.25, 0.3) is 0 Å². The number of aliphatic carboxylic acids is 1. The standard InChI is InChI=1S/C22H34O6/c1-2-18(24)21-16-19(25)20(28-21)15-14-17(23)12-10-8-6-4-3-5-7-9-11-13-22(26)27/h3-4,7-10,14-15,17-21,23-25H,2,5-6,11-13,16H2,1H3,(H,26,27)/b4-3-,9-7-,10-8-,15-14+/t17-,18+,19-,20+,21+/m1/s1. The molecular weight excluding hydrogens is 360 g/mol. The molecule has 0 aliphatic carbocycles. The molecule has 1 fully saturated rings. The van der Waals surface area contributed by atoms with Crippen molar-refractivity contribution in [3.05, 3.63) is 48.6 Å². The number of hydrogen-bond acceptors (Lipinski definition) is 5. The molecule has 1 rings (SSSR count). The van der Waals surface area contributed by atoms with E-state index in [1.54, 1.807) is 12.2 Å². The van der Waals surface area contributed by atoms with E-state index in [4.69, 9.17) is 9.84 Å². The molecule has 0 aromatic carbocycles. The summed E-state index contributed by atoms with van der Waals surface area (Å²) >= 11 is 0. The normalized spacial score (nSPS) is 25.5. The number of aliphatic hydroxyl groups is 3. The lowest BCUT2D eigenvalue weighted by molar-refractivity contribution is -0.136. The van der Waals surface area contributed by atoms with Gasteiger partial charge in [0.2, 0.25) is 0 Å². The van der Waals surface area contributed by atoms with Crippen molar-refractivity contribution in [1.82, 2.24) is 0 Å². The van der Waals surface area contributed by atoms with Crippen LogP contribution in [0, 0.1) is 0 Å². The fourth-order valence-corrected chi connectivity index (χ4v) is 2.82. The molecule has 158 valence electrons. The molecule has 1 aliphatic rings. The summed E-state index contributed by atoms with van der Waals surface area (Å²) in [4.78, 5) is 10.3. The summed E-state index contributed by atoms with van der Waals surface area (Å²) in [6.45, 7) is 1.87. The van der Waals surface area contributed by atoms with Gasteiger partial charge in [-0.2, -0.15) is 0 Å². The number of ether oxygens (including phenoxy) is 1. The minimum atomic E-state index is -0.784. The van der Waals surface area contributed by atoms with Gasteiger partial charge in [-0.3, -0.25) is 4.79 Å². The Labute approximate surface area is 167 Å². The van der Waals surface area contributed by atoms with Crippen molar-refractivity contribution in [2.75, 3.05) is 0 Å². The summed E-state index contributed by atoms with van der Waals surface area (Å²) in [5.41, 5.74) is 0. The minimum Gasteiger partial charge on any atom is -0.481 e. The van der Waals surface area contributed by atoms with Crippen LogP contribution in [0.1, 0.15) is 51.9 Å². The van der Waals surface area contributed by atoms with E-state index in [1.807, 2.05) is 43.4 Å². The molecule has 4 N–H and O–H groups in total. The minimum absolute atomic E-state index is 0.160. The van der Waals surface area contributed by atoms with Crippen molar-refractivity contribution in [3.8, 4) is 0 Å². The number of aliphatic hydroxyl groups excluding tert-OH is 3. The number of allylic oxidation sites excluding steroid dienone is 5. The molecule has 0 radical (unpaired) electrons. The number of hydrogen-bond donors (Lipinski definition) is 4. The van der Waals surface area contributed by atoms with Gasteiger partial charge >= 0.3 is 5.97 Å². The van der Waals surface area contributed by atoms with Gasteiger partial charge in [-0.25, -0.2) is 0 Å². The van der Waals surface area contributed by atoms with Crippen LogP contribution in [0.3, 0.4) is 0 Å². The van der Waals surface area contributed by atoms with Crippen LogP contribution in [-0.4, -0.2) is 56.9 Å². The SMILES string of the molecule is CC[C@H](O)[C@@H]1C[C@@H](O)[C@H](/C=C/[C@H](O)C/C=C\C/C=C\C/C=C\CCC(=O)O)O1. The van der Waals surface area contributed by atoms with E-state index < -0.39 is 30.4 Å². The van der Waals surface area contributed by atoms with Crippen LogP contribution in [-0.2, 0) is 9.53 Å². The van der Waals surface area contributed by atoms with Gasteiger partial charge in [0.25, 0.3) is 0 Å². The molecule has 1 heterocycles. The molecule has 28 heavy (non-hydrogen) atoms. The summed E-state index contributed by atoms with van der Waals surface area (Å²) in [6.07, 6.45) is 16.0. The van der Waals surface area contributed by atoms with Gasteiger partial charge in [-0.05, 0) is 32.1 Å². The highest BCUT2D eigenvalue weighted by atomic mass is 16.5. The van der Waals surface area contributed by atoms with Crippen molar-refractivity contribution < 1.29 is 30.0 Å². The zero-order valence-electron chi connectivity index (χ0n) is 16.6. The first kappa shape index (κ1) is 24.3. The maximum atomic E-state index is 10.3. The summed E-state index contributed by atoms with van der Waals surface area (Å²) in [5, 5.41) is 38.3. The third-order valence-corrected chi connectivity index (χ3v) is 4.50. The van der Waals surface area contributed by atoms with E-state index >= 15 is 0 Å². The third kappa shape index (κ3) is 10.6. The lowest BCUT2D eigenvalue weighted by atomic mass is 10.1. The molecule has 6 heteroatoms. The molecule has 1 aliphatic heterocycles. The number of carboxylic acid groups (broad SMARTS) is 1. The second-order valence-electron chi connectivity index (χ2n) is 6.92. The first-order valence-electron chi connectivity index (χ1n) is 9.98. The fraction of sp³-hybridized carbons (Fsp3) is 0.591. The van der Waals surface area contributed by atoms with E-state index in [0.29, 0.717) is 25.7 Å². The zero-order chi connectivity index (χ0) is 20.8. The molecule has 0 bridgehead atoms. The van der Waals surface area contributed by atoms with E-state index in [2.05, 4.69) is 0 Å². The Morgan fingerprint density at radius 1 is 1.11 bits per heavy atom. The Morgan fingerprint density at radius 3 is 2.39 bits per heavy atom. The molecule has 0 spiro atoms. The summed E-state index contributed by atoms with van der Waals surface area (Å²) in [6, 6.07) is 0. The van der Waals surface area contributed by atoms with Crippen LogP contribution < -0.4 is 0 Å². The molecule has 0 unspecified atom stereocenters. The predicted molar refractivity (Wildman–Crippen MR) is 109 cm³/mol. The molecule has 1 saturated heterocycles. The van der Waals surface area contributed by atoms with Gasteiger partial charge in [-0.1, -0.05) is 55.5 Å². The van der Waals surface area contributed by atoms with E-state index in [0.717, 1.165) is 12.8 Å². The van der Waals surface area contributed by atoms with Crippen LogP contribution in [0.2, 0.25) is 0 Å². The predicted octanol–water partition coefficient (Wildman–Crippen LogP) is 2.90. The summed E-state index contributed by atoms with van der Waals surface area (Å²) in [5.74, 6) is -0.784. The van der Waals surface area contributed by atoms with Crippen LogP contribution in [0.5, 0.6) is 0 Å². The molecular formula is C22H34O6. The second-order valence-corrected chi connectivity index (χ2v) is 6.92. The van der Waals surface area contributed by atoms with Crippen molar-refractivity contribution in [2.24, 2.45) is 0 Å². The largest absolute Gasteiger partial charge is 0.481 e. The Morgan fingerprint density at radius 2 is 1.75 bits per heavy atom. The average molecular weight is 395 g/mol. The Balaban J connectivity index is 2.18. The smallest absolute Gasteiger partial charge is 0.303 e. The third-order valence-electron chi connectivity index (χ3n) is 4.50. The van der Waals surface area contributed by atoms with E-state index in [1.165, 1.54) is 0 Å². The van der Waals surface area contributed by atoms with Gasteiger partial charge in [-0.15, -0.1) is 0 Å². The Hall–Kier alpha value is -1.73. The van der Waals surface area contributed by atoms with Crippen LogP contribution >= 0.6 is 0 Å². The van der Waals surface area contributed by atoms with Crippen molar-refractivity contribution in [3.63, 3.8) is 0 Å². The van der Waals surface area contributed by atoms with E-state index in [9.17, 15) is 20.1 Å². The molecule has 0 saturated carbocycles. The lowest BCUT2D eigenvalue weighted by Crippen LogP contribution is -2.25. The van der Waals surface area contributed by atoms with Crippen LogP contribution in [0.15, 0.2) is 48.6 Å². The number of rotatable bonds is 13. The fourth-order valence-electron chi connectivity index (χ4n) is 2.82. The highest BCUT2D eigenvalue weighted by Gasteiger charge is 2.35. The highest BCUT2D eigenvalue weighted by molar-refractivity contribution is 5.66. The van der Waals surface area contributed by atoms with Gasteiger partial charge in [0.05, 0.1) is 24.4 Å². The number of carbonyl (C=O) groups is 1. The van der Waals surface area contributed by atoms with Crippen LogP contribution in [0.4, 0.5) is 0 Å². The quantitative estimate of drug-likeness (QED) is 0.358. The van der Waals surface area contributed by atoms with Gasteiger partial charge in [0.1, 0.15) is 6.10 Å². The second kappa shape index (κ2) is 14.3. The summed E-state index contributed by atoms with van der Waals surface area (Å²) < 4.78 is 5.63. The Kier molecular flexibility index (Phi) is 12.4. The maximum Gasteiger partial charge on any atom is 0.303 e. The highest BCUT2D eigenvalue weighted by Crippen LogP contribution is 2.25. The topological polar surface area (TPSA) is 107 Å². The Bertz CT molecular complexity index is 551. The molecule has 6 nitrogen and oxygen atoms in total. The first-order chi connectivity index (χ1) is 13.4. The molecule has 0 aromatic heterocycles. The average Bonchev–Trinajstić information content (AvgIpc) is 3.04. The van der Waals surface area contributed by atoms with E-state index in [-0.39, 0.29) is 12.5 Å². The molecule has 5 atom stereocenters. The monoisotopic (exact) mass is 394 g/mol. The maximum absolute atomic E-state index is 10.3. The van der Waals surface area contributed by atoms with Gasteiger partial charge in [0, 0.05) is 12.8 Å². The lowest BCUT2D eigenvalue weighted by Gasteiger charge is -2.16. The van der Waals surface area contributed by atoms with Crippen molar-refractivity contribution >= 4 is 5.97 Å². The van der Waals surface area contributed by atoms with Crippen molar-refractivity contribution in [1.29, 1.82) is 0 Å². The van der Waals surface area contributed by atoms with Crippen molar-refractivity contribution in [2.45, 2.75) is 82.4 Å². The molecule has 0 amide bonds. The number of carboxylic acids is 1. The molecule has 0 aromatic rings.